The Balaban J connectivity index is 2.35. The third-order valence-corrected chi connectivity index (χ3v) is 3.27. The molecule has 0 aliphatic carbocycles. The third kappa shape index (κ3) is 2.07. The van der Waals surface area contributed by atoms with Gasteiger partial charge in [0.2, 0.25) is 0 Å². The van der Waals surface area contributed by atoms with Crippen LogP contribution in [-0.4, -0.2) is 24.9 Å². The van der Waals surface area contributed by atoms with Crippen molar-refractivity contribution in [3.8, 4) is 11.8 Å². The van der Waals surface area contributed by atoms with E-state index in [1.54, 1.807) is 0 Å². The van der Waals surface area contributed by atoms with Crippen molar-refractivity contribution >= 4 is 0 Å². The summed E-state index contributed by atoms with van der Waals surface area (Å²) in [6, 6.07) is 9.77. The van der Waals surface area contributed by atoms with E-state index in [1.165, 1.54) is 0 Å². The Morgan fingerprint density at radius 2 is 2.33 bits per heavy atom. The lowest BCUT2D eigenvalue weighted by Crippen LogP contribution is -2.42. The maximum atomic E-state index is 9.56. The Hall–Kier alpha value is -1.57. The first-order valence-corrected chi connectivity index (χ1v) is 6.13. The summed E-state index contributed by atoms with van der Waals surface area (Å²) >= 11 is 0. The monoisotopic (exact) mass is 247 g/mol. The number of hydrogen-bond acceptors (Lipinski definition) is 4. The summed E-state index contributed by atoms with van der Waals surface area (Å²) in [4.78, 5) is 0. The number of nitriles is 1. The molecule has 1 N–H and O–H groups in total. The van der Waals surface area contributed by atoms with Crippen molar-refractivity contribution in [2.45, 2.75) is 18.9 Å². The molecule has 2 rings (SSSR count). The van der Waals surface area contributed by atoms with Crippen LogP contribution >= 0.6 is 0 Å². The molecule has 4 nitrogen and oxygen atoms in total. The minimum Gasteiger partial charge on any atom is -0.493 e. The molecule has 2 atom stereocenters. The molecule has 1 aliphatic rings. The van der Waals surface area contributed by atoms with Gasteiger partial charge < -0.3 is 14.6 Å². The molecule has 18 heavy (non-hydrogen) atoms. The van der Waals surface area contributed by atoms with Crippen LogP contribution < -0.4 is 4.74 Å². The van der Waals surface area contributed by atoms with Crippen molar-refractivity contribution in [2.24, 2.45) is 5.92 Å². The molecule has 0 fully saturated rings. The standard InChI is InChI=1S/C14H17NO3/c1-11-9-17-13-6-3-2-5-12(13)14(11,10-15)18-8-4-7-16/h2-3,5-6,11,16H,4,7-9H2,1H3. The Morgan fingerprint density at radius 3 is 3.06 bits per heavy atom. The molecule has 1 aromatic carbocycles. The number of para-hydroxylation sites is 1. The van der Waals surface area contributed by atoms with Crippen molar-refractivity contribution < 1.29 is 14.6 Å². The van der Waals surface area contributed by atoms with Gasteiger partial charge in [0.25, 0.3) is 0 Å². The first-order valence-electron chi connectivity index (χ1n) is 6.13. The molecule has 0 amide bonds. The van der Waals surface area contributed by atoms with E-state index in [4.69, 9.17) is 14.6 Å². The van der Waals surface area contributed by atoms with Gasteiger partial charge in [-0.3, -0.25) is 0 Å². The van der Waals surface area contributed by atoms with E-state index in [0.717, 1.165) is 5.56 Å². The molecule has 0 aromatic heterocycles. The highest BCUT2D eigenvalue weighted by atomic mass is 16.5. The number of benzene rings is 1. The van der Waals surface area contributed by atoms with Gasteiger partial charge in [-0.25, -0.2) is 0 Å². The molecule has 4 heteroatoms. The lowest BCUT2D eigenvalue weighted by atomic mass is 9.81. The summed E-state index contributed by atoms with van der Waals surface area (Å²) in [6.45, 7) is 2.83. The summed E-state index contributed by atoms with van der Waals surface area (Å²) in [5, 5.41) is 18.4. The van der Waals surface area contributed by atoms with Gasteiger partial charge >= 0.3 is 0 Å². The van der Waals surface area contributed by atoms with Crippen molar-refractivity contribution in [2.75, 3.05) is 19.8 Å². The average Bonchev–Trinajstić information content (AvgIpc) is 2.42. The fourth-order valence-corrected chi connectivity index (χ4v) is 2.22. The summed E-state index contributed by atoms with van der Waals surface area (Å²) in [5.74, 6) is 0.664. The van der Waals surface area contributed by atoms with Crippen molar-refractivity contribution in [1.29, 1.82) is 5.26 Å². The van der Waals surface area contributed by atoms with Crippen molar-refractivity contribution in [3.05, 3.63) is 29.8 Å². The number of aliphatic hydroxyl groups excluding tert-OH is 1. The van der Waals surface area contributed by atoms with Gasteiger partial charge in [0.05, 0.1) is 13.2 Å². The van der Waals surface area contributed by atoms with Gasteiger partial charge in [-0.1, -0.05) is 25.1 Å². The fraction of sp³-hybridized carbons (Fsp3) is 0.500. The lowest BCUT2D eigenvalue weighted by molar-refractivity contribution is -0.0725. The molecule has 1 aliphatic heterocycles. The smallest absolute Gasteiger partial charge is 0.188 e. The zero-order valence-corrected chi connectivity index (χ0v) is 10.4. The molecule has 0 bridgehead atoms. The summed E-state index contributed by atoms with van der Waals surface area (Å²) < 4.78 is 11.4. The second-order valence-corrected chi connectivity index (χ2v) is 4.48. The summed E-state index contributed by atoms with van der Waals surface area (Å²) in [6.07, 6.45) is 0.527. The van der Waals surface area contributed by atoms with Gasteiger partial charge in [-0.2, -0.15) is 5.26 Å². The van der Waals surface area contributed by atoms with E-state index >= 15 is 0 Å². The van der Waals surface area contributed by atoms with Gasteiger partial charge in [0.1, 0.15) is 11.8 Å². The average molecular weight is 247 g/mol. The number of nitrogens with zero attached hydrogens (tertiary/aromatic N) is 1. The minimum absolute atomic E-state index is 0.0453. The number of rotatable bonds is 4. The van der Waals surface area contributed by atoms with E-state index in [0.29, 0.717) is 25.4 Å². The lowest BCUT2D eigenvalue weighted by Gasteiger charge is -2.38. The molecule has 1 aromatic rings. The summed E-state index contributed by atoms with van der Waals surface area (Å²) in [7, 11) is 0. The van der Waals surface area contributed by atoms with E-state index < -0.39 is 5.60 Å². The van der Waals surface area contributed by atoms with Crippen LogP contribution in [0.3, 0.4) is 0 Å². The molecular weight excluding hydrogens is 230 g/mol. The summed E-state index contributed by atoms with van der Waals surface area (Å²) in [5.41, 5.74) is -0.187. The Morgan fingerprint density at radius 1 is 1.56 bits per heavy atom. The predicted molar refractivity (Wildman–Crippen MR) is 66.0 cm³/mol. The van der Waals surface area contributed by atoms with Crippen molar-refractivity contribution in [3.63, 3.8) is 0 Å². The highest BCUT2D eigenvalue weighted by Crippen LogP contribution is 2.42. The molecule has 96 valence electrons. The van der Waals surface area contributed by atoms with Gasteiger partial charge in [-0.05, 0) is 12.5 Å². The van der Waals surface area contributed by atoms with Crippen LogP contribution in [0.2, 0.25) is 0 Å². The largest absolute Gasteiger partial charge is 0.493 e. The Bertz CT molecular complexity index is 455. The molecule has 0 spiro atoms. The predicted octanol–water partition coefficient (Wildman–Crippen LogP) is 1.83. The van der Waals surface area contributed by atoms with Crippen molar-refractivity contribution in [1.82, 2.24) is 0 Å². The van der Waals surface area contributed by atoms with E-state index in [1.807, 2.05) is 31.2 Å². The fourth-order valence-electron chi connectivity index (χ4n) is 2.22. The topological polar surface area (TPSA) is 62.5 Å². The van der Waals surface area contributed by atoms with Gasteiger partial charge in [0.15, 0.2) is 5.60 Å². The van der Waals surface area contributed by atoms with Crippen LogP contribution in [0.15, 0.2) is 24.3 Å². The van der Waals surface area contributed by atoms with Crippen LogP contribution in [0.5, 0.6) is 5.75 Å². The van der Waals surface area contributed by atoms with Gasteiger partial charge in [0, 0.05) is 18.1 Å². The maximum absolute atomic E-state index is 9.56. The molecule has 0 saturated carbocycles. The molecule has 0 saturated heterocycles. The van der Waals surface area contributed by atoms with Crippen LogP contribution in [0, 0.1) is 17.2 Å². The molecule has 2 unspecified atom stereocenters. The Kier molecular flexibility index (Phi) is 3.85. The number of fused-ring (bicyclic) bond motifs is 1. The highest BCUT2D eigenvalue weighted by molar-refractivity contribution is 5.44. The highest BCUT2D eigenvalue weighted by Gasteiger charge is 2.45. The van der Waals surface area contributed by atoms with Gasteiger partial charge in [-0.15, -0.1) is 0 Å². The van der Waals surface area contributed by atoms with E-state index in [-0.39, 0.29) is 12.5 Å². The number of aliphatic hydroxyl groups is 1. The molecular formula is C14H17NO3. The normalized spacial score (nSPS) is 25.9. The van der Waals surface area contributed by atoms with E-state index in [9.17, 15) is 5.26 Å². The maximum Gasteiger partial charge on any atom is 0.188 e. The first-order chi connectivity index (χ1) is 8.74. The SMILES string of the molecule is CC1COc2ccccc2C1(C#N)OCCCO. The number of hydrogen-bond donors (Lipinski definition) is 1. The quantitative estimate of drug-likeness (QED) is 0.824. The number of ether oxygens (including phenoxy) is 2. The van der Waals surface area contributed by atoms with Crippen LogP contribution in [0.4, 0.5) is 0 Å². The first kappa shape index (κ1) is 12.9. The third-order valence-electron chi connectivity index (χ3n) is 3.27. The molecule has 0 radical (unpaired) electrons. The second-order valence-electron chi connectivity index (χ2n) is 4.48. The Labute approximate surface area is 107 Å². The van der Waals surface area contributed by atoms with Crippen LogP contribution in [0.1, 0.15) is 18.9 Å². The molecule has 1 heterocycles. The zero-order valence-electron chi connectivity index (χ0n) is 10.4. The zero-order chi connectivity index (χ0) is 13.0. The van der Waals surface area contributed by atoms with Crippen LogP contribution in [-0.2, 0) is 10.3 Å². The minimum atomic E-state index is -0.968. The van der Waals surface area contributed by atoms with Crippen LogP contribution in [0.25, 0.3) is 0 Å². The second kappa shape index (κ2) is 5.38. The van der Waals surface area contributed by atoms with E-state index in [2.05, 4.69) is 6.07 Å².